The van der Waals surface area contributed by atoms with E-state index >= 15 is 0 Å². The Morgan fingerprint density at radius 3 is 2.10 bits per heavy atom. The molecule has 0 N–H and O–H groups in total. The minimum absolute atomic E-state index is 0.0549. The SMILES string of the molecule is CCC.[2H]B=C(C(C)=O)C(=C(C#N)C#N)c1ccccc1. The van der Waals surface area contributed by atoms with Gasteiger partial charge in [-0.15, -0.1) is 0 Å². The van der Waals surface area contributed by atoms with Gasteiger partial charge in [-0.05, 0) is 0 Å². The number of benzene rings is 1. The molecule has 0 aromatic heterocycles. The first kappa shape index (κ1) is 15.6. The number of hydrogen-bond donors (Lipinski definition) is 0. The van der Waals surface area contributed by atoms with Crippen molar-refractivity contribution in [2.75, 3.05) is 0 Å². The van der Waals surface area contributed by atoms with Crippen molar-refractivity contribution in [3.63, 3.8) is 0 Å². The van der Waals surface area contributed by atoms with Crippen LogP contribution in [0.1, 0.15) is 32.8 Å². The average molecular weight is 265 g/mol. The Labute approximate surface area is 122 Å². The fraction of sp³-hybridized carbons (Fsp3) is 0.250. The van der Waals surface area contributed by atoms with Gasteiger partial charge in [0, 0.05) is 0 Å². The van der Waals surface area contributed by atoms with Gasteiger partial charge in [-0.3, -0.25) is 0 Å². The molecule has 20 heavy (non-hydrogen) atoms. The Morgan fingerprint density at radius 2 is 1.75 bits per heavy atom. The van der Waals surface area contributed by atoms with Gasteiger partial charge >= 0.3 is 101 Å². The van der Waals surface area contributed by atoms with Gasteiger partial charge in [0.2, 0.25) is 0 Å². The van der Waals surface area contributed by atoms with E-state index in [0.29, 0.717) is 5.56 Å². The molecule has 0 bridgehead atoms. The molecular weight excluding hydrogens is 247 g/mol. The van der Waals surface area contributed by atoms with Crippen LogP contribution in [0.25, 0.3) is 5.57 Å². The summed E-state index contributed by atoms with van der Waals surface area (Å²) in [6, 6.07) is 12.2. The Bertz CT molecular complexity index is 606. The van der Waals surface area contributed by atoms with E-state index in [1.54, 1.807) is 42.5 Å². The van der Waals surface area contributed by atoms with Crippen molar-refractivity contribution in [1.29, 1.82) is 11.9 Å². The number of rotatable bonds is 3. The molecule has 0 radical (unpaired) electrons. The summed E-state index contributed by atoms with van der Waals surface area (Å²) in [6.07, 6.45) is 1.25. The third-order valence-electron chi connectivity index (χ3n) is 2.18. The molecule has 1 aromatic rings. The summed E-state index contributed by atoms with van der Waals surface area (Å²) in [6.45, 7) is 5.55. The molecule has 3 nitrogen and oxygen atoms in total. The number of carbonyl (C=O) groups excluding carboxylic acids is 1. The number of nitriles is 2. The molecule has 1 aromatic carbocycles. The summed E-state index contributed by atoms with van der Waals surface area (Å²) >= 11 is 0. The van der Waals surface area contributed by atoms with Crippen LogP contribution < -0.4 is 0 Å². The second kappa shape index (κ2) is 9.47. The Kier molecular flexibility index (Phi) is 7.39. The van der Waals surface area contributed by atoms with Crippen LogP contribution in [0, 0.1) is 22.7 Å². The van der Waals surface area contributed by atoms with Crippen LogP contribution in [0.3, 0.4) is 0 Å². The monoisotopic (exact) mass is 265 g/mol. The molecule has 0 atom stereocenters. The Morgan fingerprint density at radius 1 is 1.25 bits per heavy atom. The number of allylic oxidation sites excluding steroid dienone is 2. The standard InChI is InChI=1S/C13H9BN2O.C3H8/c1-9(17)13(14)12(11(7-15)8-16)10-5-3-2-4-6-10;1-3-2/h2-6,14H,1H3;3H2,1-2H3/i14D;. The van der Waals surface area contributed by atoms with Gasteiger partial charge in [-0.1, -0.05) is 20.3 Å². The molecule has 0 saturated heterocycles. The normalized spacial score (nSPS) is 9.65. The van der Waals surface area contributed by atoms with Gasteiger partial charge in [0.1, 0.15) is 0 Å². The summed E-state index contributed by atoms with van der Waals surface area (Å²) in [5.41, 5.74) is 0.668. The van der Waals surface area contributed by atoms with Crippen LogP contribution >= 0.6 is 0 Å². The predicted molar refractivity (Wildman–Crippen MR) is 83.4 cm³/mol. The number of carbonyl (C=O) groups is 1. The number of ketones is 1. The maximum atomic E-state index is 11.5. The number of Topliss-reactive ketones (excluding diaryl/α,β-unsaturated/α-hetero) is 1. The molecule has 0 saturated carbocycles. The minimum atomic E-state index is -0.355. The molecule has 0 unspecified atom stereocenters. The first-order valence-corrected chi connectivity index (χ1v) is 6.26. The van der Waals surface area contributed by atoms with Crippen LogP contribution in [0.5, 0.6) is 0 Å². The Balaban J connectivity index is 0.00000122. The summed E-state index contributed by atoms with van der Waals surface area (Å²) < 4.78 is 7.28. The fourth-order valence-electron chi connectivity index (χ4n) is 1.35. The summed E-state index contributed by atoms with van der Waals surface area (Å²) in [7, 11) is 0.874. The van der Waals surface area contributed by atoms with Crippen molar-refractivity contribution in [1.82, 2.24) is 0 Å². The third kappa shape index (κ3) is 5.04. The molecular formula is C16H17BN2O. The van der Waals surface area contributed by atoms with Crippen LogP contribution in [0.15, 0.2) is 35.9 Å². The summed E-state index contributed by atoms with van der Waals surface area (Å²) in [4.78, 5) is 11.5. The van der Waals surface area contributed by atoms with Gasteiger partial charge in [0.15, 0.2) is 0 Å². The number of nitrogens with zero attached hydrogens (tertiary/aromatic N) is 2. The molecule has 0 fully saturated rings. The molecule has 0 heterocycles. The van der Waals surface area contributed by atoms with E-state index in [0.717, 1.165) is 7.45 Å². The van der Waals surface area contributed by atoms with E-state index in [9.17, 15) is 4.79 Å². The van der Waals surface area contributed by atoms with Crippen LogP contribution in [0.2, 0.25) is 0 Å². The molecule has 0 aliphatic carbocycles. The molecule has 4 heteroatoms. The zero-order valence-electron chi connectivity index (χ0n) is 13.0. The second-order valence-electron chi connectivity index (χ2n) is 4.02. The van der Waals surface area contributed by atoms with E-state index in [1.165, 1.54) is 13.3 Å². The van der Waals surface area contributed by atoms with Crippen molar-refractivity contribution in [2.24, 2.45) is 0 Å². The van der Waals surface area contributed by atoms with E-state index in [1.807, 2.05) is 0 Å². The fourth-order valence-corrected chi connectivity index (χ4v) is 1.35. The van der Waals surface area contributed by atoms with Gasteiger partial charge in [-0.25, -0.2) is 0 Å². The molecule has 1 rings (SSSR count). The van der Waals surface area contributed by atoms with Crippen LogP contribution in [0.4, 0.5) is 0 Å². The quantitative estimate of drug-likeness (QED) is 0.623. The molecule has 100 valence electrons. The third-order valence-corrected chi connectivity index (χ3v) is 2.18. The van der Waals surface area contributed by atoms with Crippen LogP contribution in [-0.4, -0.2) is 20.0 Å². The van der Waals surface area contributed by atoms with Gasteiger partial charge in [-0.2, -0.15) is 0 Å². The van der Waals surface area contributed by atoms with Gasteiger partial charge < -0.3 is 0 Å². The molecule has 0 aliphatic rings. The topological polar surface area (TPSA) is 64.7 Å². The van der Waals surface area contributed by atoms with Crippen molar-refractivity contribution in [3.8, 4) is 12.1 Å². The van der Waals surface area contributed by atoms with Crippen molar-refractivity contribution in [2.45, 2.75) is 27.2 Å². The van der Waals surface area contributed by atoms with Gasteiger partial charge in [0.25, 0.3) is 0 Å². The molecule has 0 amide bonds. The van der Waals surface area contributed by atoms with E-state index in [4.69, 9.17) is 11.9 Å². The zero-order chi connectivity index (χ0) is 16.3. The second-order valence-corrected chi connectivity index (χ2v) is 4.02. The first-order valence-electron chi connectivity index (χ1n) is 6.84. The zero-order valence-corrected chi connectivity index (χ0v) is 12.0. The Hall–Kier alpha value is -2.46. The van der Waals surface area contributed by atoms with E-state index in [-0.39, 0.29) is 22.4 Å². The summed E-state index contributed by atoms with van der Waals surface area (Å²) in [5, 5.41) is 17.9. The van der Waals surface area contributed by atoms with Crippen molar-refractivity contribution < 1.29 is 4.79 Å². The summed E-state index contributed by atoms with van der Waals surface area (Å²) in [5.74, 6) is -0.355. The molecule has 0 spiro atoms. The van der Waals surface area contributed by atoms with Gasteiger partial charge in [0.05, 0.1) is 0 Å². The predicted octanol–water partition coefficient (Wildman–Crippen LogP) is 2.57. The average Bonchev–Trinajstić information content (AvgIpc) is 2.49. The van der Waals surface area contributed by atoms with Crippen molar-refractivity contribution >= 4 is 24.3 Å². The van der Waals surface area contributed by atoms with Crippen LogP contribution in [-0.2, 0) is 4.79 Å². The van der Waals surface area contributed by atoms with E-state index < -0.39 is 0 Å². The molecule has 0 aliphatic heterocycles. The number of hydrogen-bond acceptors (Lipinski definition) is 3. The first-order chi connectivity index (χ1) is 10.1. The van der Waals surface area contributed by atoms with E-state index in [2.05, 4.69) is 13.8 Å². The van der Waals surface area contributed by atoms with Crippen molar-refractivity contribution in [3.05, 3.63) is 41.5 Å². The maximum absolute atomic E-state index is 11.5.